The van der Waals surface area contributed by atoms with E-state index in [1.54, 1.807) is 24.5 Å². The predicted octanol–water partition coefficient (Wildman–Crippen LogP) is 0.866. The van der Waals surface area contributed by atoms with Gasteiger partial charge in [-0.05, 0) is 35.9 Å². The summed E-state index contributed by atoms with van der Waals surface area (Å²) in [7, 11) is -3.65. The Morgan fingerprint density at radius 2 is 1.92 bits per heavy atom. The first-order chi connectivity index (χ1) is 12.6. The van der Waals surface area contributed by atoms with Gasteiger partial charge in [-0.3, -0.25) is 9.78 Å². The summed E-state index contributed by atoms with van der Waals surface area (Å²) in [4.78, 5) is 16.2. The third kappa shape index (κ3) is 4.31. The first-order valence-electron chi connectivity index (χ1n) is 7.99. The molecule has 0 spiro atoms. The average molecular weight is 374 g/mol. The Morgan fingerprint density at radius 1 is 1.19 bits per heavy atom. The third-order valence-corrected chi connectivity index (χ3v) is 5.68. The van der Waals surface area contributed by atoms with Crippen molar-refractivity contribution in [2.24, 2.45) is 5.10 Å². The van der Waals surface area contributed by atoms with Crippen LogP contribution in [0.25, 0.3) is 0 Å². The van der Waals surface area contributed by atoms with Crippen LogP contribution >= 0.6 is 0 Å². The summed E-state index contributed by atoms with van der Waals surface area (Å²) >= 11 is 0. The Morgan fingerprint density at radius 3 is 2.65 bits per heavy atom. The number of nitrogens with one attached hydrogen (secondary N) is 1. The van der Waals surface area contributed by atoms with Crippen molar-refractivity contribution >= 4 is 22.1 Å². The van der Waals surface area contributed by atoms with Gasteiger partial charge < -0.3 is 4.74 Å². The topological polar surface area (TPSA) is 101 Å². The molecule has 1 aromatic carbocycles. The molecular formula is C17H18N4O4S. The van der Waals surface area contributed by atoms with Gasteiger partial charge in [0, 0.05) is 31.0 Å². The van der Waals surface area contributed by atoms with E-state index in [4.69, 9.17) is 4.74 Å². The monoisotopic (exact) mass is 374 g/mol. The molecule has 1 amide bonds. The summed E-state index contributed by atoms with van der Waals surface area (Å²) in [5.41, 5.74) is 3.38. The normalized spacial score (nSPS) is 15.8. The van der Waals surface area contributed by atoms with Crippen molar-refractivity contribution in [2.75, 3.05) is 26.3 Å². The number of benzene rings is 1. The molecule has 0 bridgehead atoms. The van der Waals surface area contributed by atoms with Crippen molar-refractivity contribution in [2.45, 2.75) is 4.90 Å². The molecule has 26 heavy (non-hydrogen) atoms. The highest BCUT2D eigenvalue weighted by molar-refractivity contribution is 7.89. The molecule has 3 rings (SSSR count). The summed E-state index contributed by atoms with van der Waals surface area (Å²) in [6.07, 6.45) is 4.71. The number of pyridine rings is 1. The standard InChI is InChI=1S/C17H18N4O4S/c22-17(20-19-13-14-4-6-18-7-5-14)15-2-1-3-16(12-15)26(23,24)21-8-10-25-11-9-21/h1-7,12-13H,8-11H2,(H,20,22)/b19-13+. The Labute approximate surface area is 151 Å². The maximum absolute atomic E-state index is 12.7. The fraction of sp³-hybridized carbons (Fsp3) is 0.235. The Hall–Kier alpha value is -2.62. The van der Waals surface area contributed by atoms with Crippen LogP contribution in [-0.2, 0) is 14.8 Å². The molecule has 1 aromatic heterocycles. The molecule has 0 unspecified atom stereocenters. The smallest absolute Gasteiger partial charge is 0.271 e. The molecule has 1 aliphatic heterocycles. The Bertz CT molecular complexity index is 894. The molecular weight excluding hydrogens is 356 g/mol. The first-order valence-corrected chi connectivity index (χ1v) is 9.43. The van der Waals surface area contributed by atoms with Crippen LogP contribution in [0.3, 0.4) is 0 Å². The predicted molar refractivity (Wildman–Crippen MR) is 95.3 cm³/mol. The van der Waals surface area contributed by atoms with Crippen LogP contribution in [0.4, 0.5) is 0 Å². The van der Waals surface area contributed by atoms with Gasteiger partial charge in [0.1, 0.15) is 0 Å². The van der Waals surface area contributed by atoms with Gasteiger partial charge in [-0.15, -0.1) is 0 Å². The highest BCUT2D eigenvalue weighted by Gasteiger charge is 2.26. The lowest BCUT2D eigenvalue weighted by Gasteiger charge is -2.26. The molecule has 136 valence electrons. The molecule has 0 atom stereocenters. The van der Waals surface area contributed by atoms with Crippen molar-refractivity contribution in [3.8, 4) is 0 Å². The zero-order valence-corrected chi connectivity index (χ0v) is 14.7. The molecule has 1 N–H and O–H groups in total. The van der Waals surface area contributed by atoms with Gasteiger partial charge in [0.05, 0.1) is 24.3 Å². The largest absolute Gasteiger partial charge is 0.379 e. The number of nitrogens with zero attached hydrogens (tertiary/aromatic N) is 3. The minimum atomic E-state index is -3.65. The number of hydrogen-bond donors (Lipinski definition) is 1. The van der Waals surface area contributed by atoms with Gasteiger partial charge in [-0.25, -0.2) is 13.8 Å². The molecule has 8 nitrogen and oxygen atoms in total. The number of aromatic nitrogens is 1. The summed E-state index contributed by atoms with van der Waals surface area (Å²) in [5.74, 6) is -0.491. The van der Waals surface area contributed by atoms with Gasteiger partial charge in [0.2, 0.25) is 10.0 Å². The molecule has 1 saturated heterocycles. The fourth-order valence-corrected chi connectivity index (χ4v) is 3.87. The number of carbonyl (C=O) groups is 1. The van der Waals surface area contributed by atoms with Gasteiger partial charge in [0.15, 0.2) is 0 Å². The van der Waals surface area contributed by atoms with E-state index in [1.807, 2.05) is 0 Å². The van der Waals surface area contributed by atoms with Crippen molar-refractivity contribution in [3.63, 3.8) is 0 Å². The third-order valence-electron chi connectivity index (χ3n) is 3.79. The first kappa shape index (κ1) is 18.2. The lowest BCUT2D eigenvalue weighted by atomic mass is 10.2. The highest BCUT2D eigenvalue weighted by atomic mass is 32.2. The van der Waals surface area contributed by atoms with E-state index in [0.717, 1.165) is 5.56 Å². The van der Waals surface area contributed by atoms with Crippen LogP contribution < -0.4 is 5.43 Å². The van der Waals surface area contributed by atoms with Gasteiger partial charge in [-0.2, -0.15) is 9.41 Å². The Balaban J connectivity index is 1.72. The summed E-state index contributed by atoms with van der Waals surface area (Å²) in [5, 5.41) is 3.87. The molecule has 2 heterocycles. The van der Waals surface area contributed by atoms with Crippen molar-refractivity contribution < 1.29 is 17.9 Å². The van der Waals surface area contributed by atoms with Crippen LogP contribution in [-0.4, -0.2) is 56.1 Å². The number of amides is 1. The highest BCUT2D eigenvalue weighted by Crippen LogP contribution is 2.18. The zero-order valence-electron chi connectivity index (χ0n) is 13.9. The van der Waals surface area contributed by atoms with Crippen LogP contribution in [0.5, 0.6) is 0 Å². The second-order valence-corrected chi connectivity index (χ2v) is 7.46. The summed E-state index contributed by atoms with van der Waals surface area (Å²) < 4.78 is 31.9. The summed E-state index contributed by atoms with van der Waals surface area (Å²) in [6, 6.07) is 9.38. The van der Waals surface area contributed by atoms with E-state index in [9.17, 15) is 13.2 Å². The van der Waals surface area contributed by atoms with Crippen LogP contribution in [0.15, 0.2) is 58.8 Å². The minimum Gasteiger partial charge on any atom is -0.379 e. The maximum atomic E-state index is 12.7. The SMILES string of the molecule is O=C(N/N=C/c1ccncc1)c1cccc(S(=O)(=O)N2CCOCC2)c1. The van der Waals surface area contributed by atoms with Crippen molar-refractivity contribution in [1.82, 2.24) is 14.7 Å². The zero-order chi connectivity index (χ0) is 18.4. The van der Waals surface area contributed by atoms with E-state index >= 15 is 0 Å². The number of hydrazone groups is 1. The number of morpholine rings is 1. The second kappa shape index (κ2) is 8.17. The van der Waals surface area contributed by atoms with E-state index in [2.05, 4.69) is 15.5 Å². The molecule has 0 radical (unpaired) electrons. The number of carbonyl (C=O) groups excluding carboxylic acids is 1. The van der Waals surface area contributed by atoms with Crippen molar-refractivity contribution in [3.05, 3.63) is 59.9 Å². The lowest BCUT2D eigenvalue weighted by Crippen LogP contribution is -2.40. The lowest BCUT2D eigenvalue weighted by molar-refractivity contribution is 0.0730. The molecule has 1 fully saturated rings. The minimum absolute atomic E-state index is 0.0742. The molecule has 0 saturated carbocycles. The maximum Gasteiger partial charge on any atom is 0.271 e. The van der Waals surface area contributed by atoms with Gasteiger partial charge in [0.25, 0.3) is 5.91 Å². The van der Waals surface area contributed by atoms with E-state index < -0.39 is 15.9 Å². The number of hydrogen-bond acceptors (Lipinski definition) is 6. The second-order valence-electron chi connectivity index (χ2n) is 5.52. The van der Waals surface area contributed by atoms with E-state index in [-0.39, 0.29) is 10.5 Å². The average Bonchev–Trinajstić information content (AvgIpc) is 2.69. The quantitative estimate of drug-likeness (QED) is 0.618. The molecule has 9 heteroatoms. The van der Waals surface area contributed by atoms with Gasteiger partial charge >= 0.3 is 0 Å². The van der Waals surface area contributed by atoms with Gasteiger partial charge in [-0.1, -0.05) is 6.07 Å². The molecule has 1 aliphatic rings. The van der Waals surface area contributed by atoms with Crippen molar-refractivity contribution in [1.29, 1.82) is 0 Å². The number of sulfonamides is 1. The van der Waals surface area contributed by atoms with E-state index in [0.29, 0.717) is 26.3 Å². The summed E-state index contributed by atoms with van der Waals surface area (Å²) in [6.45, 7) is 1.33. The van der Waals surface area contributed by atoms with E-state index in [1.165, 1.54) is 34.8 Å². The van der Waals surface area contributed by atoms with Crippen LogP contribution in [0, 0.1) is 0 Å². The fourth-order valence-electron chi connectivity index (χ4n) is 2.41. The molecule has 2 aromatic rings. The number of ether oxygens (including phenoxy) is 1. The van der Waals surface area contributed by atoms with Crippen LogP contribution in [0.2, 0.25) is 0 Å². The number of rotatable bonds is 5. The molecule has 0 aliphatic carbocycles. The Kier molecular flexibility index (Phi) is 5.71. The van der Waals surface area contributed by atoms with Crippen LogP contribution in [0.1, 0.15) is 15.9 Å².